The highest BCUT2D eigenvalue weighted by Crippen LogP contribution is 2.32. The third kappa shape index (κ3) is 8.24. The van der Waals surface area contributed by atoms with Crippen LogP contribution in [-0.4, -0.2) is 44.3 Å². The average molecular weight is 345 g/mol. The fraction of sp³-hybridized carbons (Fsp3) is 0.500. The van der Waals surface area contributed by atoms with Crippen molar-refractivity contribution in [3.8, 4) is 0 Å². The summed E-state index contributed by atoms with van der Waals surface area (Å²) in [5.74, 6) is 0.0134. The molecule has 0 saturated carbocycles. The molecule has 0 aliphatic carbocycles. The molecule has 0 bridgehead atoms. The van der Waals surface area contributed by atoms with Crippen LogP contribution in [0.25, 0.3) is 0 Å². The van der Waals surface area contributed by atoms with E-state index in [9.17, 15) is 14.2 Å². The zero-order chi connectivity index (χ0) is 17.5. The Morgan fingerprint density at radius 3 is 2.43 bits per heavy atom. The minimum atomic E-state index is -4.13. The van der Waals surface area contributed by atoms with Crippen LogP contribution in [0.1, 0.15) is 24.2 Å². The quantitative estimate of drug-likeness (QED) is 0.376. The van der Waals surface area contributed by atoms with Gasteiger partial charge < -0.3 is 26.2 Å². The molecular formula is C12H20N5O5P. The van der Waals surface area contributed by atoms with Gasteiger partial charge in [0.25, 0.3) is 0 Å². The Morgan fingerprint density at radius 1 is 1.26 bits per heavy atom. The normalized spacial score (nSPS) is 11.1. The van der Waals surface area contributed by atoms with Crippen molar-refractivity contribution in [3.05, 3.63) is 17.6 Å². The topological polar surface area (TPSA) is 168 Å². The number of nitrogen functional groups attached to an aromatic ring is 1. The molecule has 0 spiro atoms. The number of hydrogen-bond acceptors (Lipinski definition) is 6. The van der Waals surface area contributed by atoms with Gasteiger partial charge in [-0.2, -0.15) is 0 Å². The fourth-order valence-electron chi connectivity index (χ4n) is 1.59. The lowest BCUT2D eigenvalue weighted by atomic mass is 10.2. The molecule has 11 heteroatoms. The first kappa shape index (κ1) is 19.0. The maximum Gasteiger partial charge on any atom is 0.327 e. The number of nitrogens with one attached hydrogen (secondary N) is 2. The van der Waals surface area contributed by atoms with E-state index < -0.39 is 19.7 Å². The highest BCUT2D eigenvalue weighted by molar-refractivity contribution is 7.51. The van der Waals surface area contributed by atoms with E-state index in [-0.39, 0.29) is 37.7 Å². The van der Waals surface area contributed by atoms with E-state index in [1.54, 1.807) is 6.92 Å². The second-order valence-electron chi connectivity index (χ2n) is 4.84. The van der Waals surface area contributed by atoms with Gasteiger partial charge in [0.05, 0.1) is 6.16 Å². The van der Waals surface area contributed by atoms with Gasteiger partial charge in [-0.05, 0) is 6.92 Å². The number of nitrogens with zero attached hydrogens (tertiary/aromatic N) is 2. The molecule has 0 aliphatic heterocycles. The summed E-state index contributed by atoms with van der Waals surface area (Å²) in [4.78, 5) is 48.3. The molecule has 0 aliphatic rings. The zero-order valence-corrected chi connectivity index (χ0v) is 13.5. The molecule has 6 N–H and O–H groups in total. The molecule has 0 saturated heterocycles. The van der Waals surface area contributed by atoms with Crippen LogP contribution >= 0.6 is 7.60 Å². The summed E-state index contributed by atoms with van der Waals surface area (Å²) in [6.07, 6.45) is 0.964. The van der Waals surface area contributed by atoms with Crippen LogP contribution in [-0.2, 0) is 20.7 Å². The zero-order valence-electron chi connectivity index (χ0n) is 12.7. The lowest BCUT2D eigenvalue weighted by Crippen LogP contribution is -2.29. The number of aromatic nitrogens is 2. The lowest BCUT2D eigenvalue weighted by Gasteiger charge is -2.08. The van der Waals surface area contributed by atoms with E-state index in [1.165, 1.54) is 6.20 Å². The number of carbonyl (C=O) groups is 2. The third-order valence-electron chi connectivity index (χ3n) is 2.80. The van der Waals surface area contributed by atoms with Gasteiger partial charge in [0.15, 0.2) is 0 Å². The van der Waals surface area contributed by atoms with Gasteiger partial charge in [0, 0.05) is 37.7 Å². The molecule has 128 valence electrons. The number of carbonyl (C=O) groups excluding carboxylic acids is 2. The number of aryl methyl sites for hydroxylation is 1. The molecule has 0 atom stereocenters. The molecule has 10 nitrogen and oxygen atoms in total. The van der Waals surface area contributed by atoms with Gasteiger partial charge in [-0.1, -0.05) is 0 Å². The first-order valence-corrected chi connectivity index (χ1v) is 8.63. The van der Waals surface area contributed by atoms with Gasteiger partial charge in [-0.25, -0.2) is 9.97 Å². The molecule has 1 aromatic rings. The van der Waals surface area contributed by atoms with Crippen LogP contribution in [0.4, 0.5) is 5.82 Å². The standard InChI is InChI=1S/C12H20N5O5P/c1-8-15-6-9(12(13)17-8)7-16-11(19)3-2-10(18)14-4-5-23(20,21)22/h6H,2-5,7H2,1H3,(H,14,18)(H,16,19)(H2,13,15,17)(H2,20,21,22). The Balaban J connectivity index is 2.26. The summed E-state index contributed by atoms with van der Waals surface area (Å²) in [5, 5.41) is 4.92. The second kappa shape index (κ2) is 8.56. The first-order valence-electron chi connectivity index (χ1n) is 6.83. The fourth-order valence-corrected chi connectivity index (χ4v) is 1.99. The summed E-state index contributed by atoms with van der Waals surface area (Å²) in [6, 6.07) is 0. The summed E-state index contributed by atoms with van der Waals surface area (Å²) < 4.78 is 10.6. The van der Waals surface area contributed by atoms with Crippen molar-refractivity contribution in [2.75, 3.05) is 18.4 Å². The van der Waals surface area contributed by atoms with Crippen LogP contribution in [0.2, 0.25) is 0 Å². The maximum absolute atomic E-state index is 11.6. The molecule has 0 fully saturated rings. The summed E-state index contributed by atoms with van der Waals surface area (Å²) in [7, 11) is -4.13. The molecule has 2 amide bonds. The predicted octanol–water partition coefficient (Wildman–Crippen LogP) is -0.942. The smallest absolute Gasteiger partial charge is 0.327 e. The van der Waals surface area contributed by atoms with Gasteiger partial charge in [0.2, 0.25) is 11.8 Å². The number of rotatable bonds is 8. The van der Waals surface area contributed by atoms with Crippen LogP contribution in [0.3, 0.4) is 0 Å². The van der Waals surface area contributed by atoms with Crippen molar-refractivity contribution in [1.82, 2.24) is 20.6 Å². The summed E-state index contributed by atoms with van der Waals surface area (Å²) in [5.41, 5.74) is 6.27. The van der Waals surface area contributed by atoms with E-state index >= 15 is 0 Å². The molecule has 23 heavy (non-hydrogen) atoms. The van der Waals surface area contributed by atoms with Crippen molar-refractivity contribution in [3.63, 3.8) is 0 Å². The van der Waals surface area contributed by atoms with Crippen LogP contribution < -0.4 is 16.4 Å². The predicted molar refractivity (Wildman–Crippen MR) is 82.2 cm³/mol. The minimum absolute atomic E-state index is 0.0473. The third-order valence-corrected chi connectivity index (χ3v) is 3.61. The number of hydrogen-bond donors (Lipinski definition) is 5. The molecule has 1 heterocycles. The average Bonchev–Trinajstić information content (AvgIpc) is 2.42. The van der Waals surface area contributed by atoms with Crippen molar-refractivity contribution in [2.45, 2.75) is 26.3 Å². The largest absolute Gasteiger partial charge is 0.383 e. The monoisotopic (exact) mass is 345 g/mol. The molecule has 1 rings (SSSR count). The van der Waals surface area contributed by atoms with Crippen molar-refractivity contribution < 1.29 is 23.9 Å². The lowest BCUT2D eigenvalue weighted by molar-refractivity contribution is -0.126. The van der Waals surface area contributed by atoms with Gasteiger partial charge in [-0.15, -0.1) is 0 Å². The second-order valence-corrected chi connectivity index (χ2v) is 6.62. The van der Waals surface area contributed by atoms with E-state index in [1.807, 2.05) is 0 Å². The summed E-state index contributed by atoms with van der Waals surface area (Å²) in [6.45, 7) is 1.72. The number of amides is 2. The van der Waals surface area contributed by atoms with Crippen LogP contribution in [0.15, 0.2) is 6.20 Å². The highest BCUT2D eigenvalue weighted by Gasteiger charge is 2.13. The summed E-state index contributed by atoms with van der Waals surface area (Å²) >= 11 is 0. The van der Waals surface area contributed by atoms with E-state index in [0.717, 1.165) is 0 Å². The van der Waals surface area contributed by atoms with Gasteiger partial charge in [0.1, 0.15) is 11.6 Å². The molecule has 0 unspecified atom stereocenters. The Bertz CT molecular complexity index is 618. The van der Waals surface area contributed by atoms with Crippen molar-refractivity contribution in [2.24, 2.45) is 0 Å². The van der Waals surface area contributed by atoms with Crippen LogP contribution in [0.5, 0.6) is 0 Å². The number of anilines is 1. The molecule has 0 aromatic carbocycles. The van der Waals surface area contributed by atoms with E-state index in [2.05, 4.69) is 20.6 Å². The van der Waals surface area contributed by atoms with Gasteiger partial charge in [-0.3, -0.25) is 14.2 Å². The molecule has 0 radical (unpaired) electrons. The minimum Gasteiger partial charge on any atom is -0.383 e. The first-order chi connectivity index (χ1) is 10.7. The van der Waals surface area contributed by atoms with E-state index in [4.69, 9.17) is 15.5 Å². The van der Waals surface area contributed by atoms with Crippen molar-refractivity contribution in [1.29, 1.82) is 0 Å². The Labute approximate surface area is 133 Å². The van der Waals surface area contributed by atoms with E-state index in [0.29, 0.717) is 11.4 Å². The van der Waals surface area contributed by atoms with Crippen LogP contribution in [0, 0.1) is 6.92 Å². The molecule has 1 aromatic heterocycles. The Hall–Kier alpha value is -2.03. The van der Waals surface area contributed by atoms with Crippen molar-refractivity contribution >= 4 is 25.2 Å². The Kier molecular flexibility index (Phi) is 7.08. The SMILES string of the molecule is Cc1ncc(CNC(=O)CCC(=O)NCCP(=O)(O)O)c(N)n1. The Morgan fingerprint density at radius 2 is 1.87 bits per heavy atom. The van der Waals surface area contributed by atoms with Gasteiger partial charge >= 0.3 is 7.60 Å². The highest BCUT2D eigenvalue weighted by atomic mass is 31.2. The number of nitrogens with two attached hydrogens (primary N) is 1. The molecular weight excluding hydrogens is 325 g/mol. The maximum atomic E-state index is 11.6.